The second-order valence-corrected chi connectivity index (χ2v) is 6.89. The van der Waals surface area contributed by atoms with Crippen molar-refractivity contribution in [2.45, 2.75) is 12.8 Å². The van der Waals surface area contributed by atoms with Crippen molar-refractivity contribution in [3.63, 3.8) is 0 Å². The van der Waals surface area contributed by atoms with Crippen LogP contribution >= 0.6 is 0 Å². The first-order valence-corrected chi connectivity index (χ1v) is 8.93. The lowest BCUT2D eigenvalue weighted by Gasteiger charge is -2.31. The van der Waals surface area contributed by atoms with Gasteiger partial charge in [-0.2, -0.15) is 0 Å². The maximum Gasteiger partial charge on any atom is 0.246 e. The molecule has 0 radical (unpaired) electrons. The summed E-state index contributed by atoms with van der Waals surface area (Å²) in [7, 11) is 5.54. The van der Waals surface area contributed by atoms with E-state index in [1.165, 1.54) is 6.08 Å². The Kier molecular flexibility index (Phi) is 5.63. The summed E-state index contributed by atoms with van der Waals surface area (Å²) in [6, 6.07) is 0. The van der Waals surface area contributed by atoms with Crippen molar-refractivity contribution in [1.29, 1.82) is 0 Å². The second-order valence-electron chi connectivity index (χ2n) is 6.89. The number of aryl methyl sites for hydroxylation is 1. The second kappa shape index (κ2) is 8.11. The fourth-order valence-electron chi connectivity index (χ4n) is 3.10. The van der Waals surface area contributed by atoms with Crippen LogP contribution in [0, 0.1) is 5.92 Å². The van der Waals surface area contributed by atoms with E-state index >= 15 is 0 Å². The highest BCUT2D eigenvalue weighted by Gasteiger charge is 2.30. The minimum atomic E-state index is -0.208. The molecule has 3 rings (SSSR count). The van der Waals surface area contributed by atoms with Gasteiger partial charge < -0.3 is 14.4 Å². The zero-order valence-electron chi connectivity index (χ0n) is 15.9. The molecule has 0 aliphatic carbocycles. The normalized spacial score (nSPS) is 17.3. The number of likely N-dealkylation sites (tertiary alicyclic amines) is 1. The number of imidazole rings is 1. The molecule has 1 aliphatic heterocycles. The van der Waals surface area contributed by atoms with E-state index in [9.17, 15) is 9.59 Å². The molecule has 0 bridgehead atoms. The molecule has 0 aromatic carbocycles. The Bertz CT molecular complexity index is 840. The van der Waals surface area contributed by atoms with Gasteiger partial charge in [0.1, 0.15) is 0 Å². The number of nitrogens with zero attached hydrogens (tertiary/aromatic N) is 6. The molecular weight excluding hydrogens is 344 g/mol. The molecule has 2 aromatic heterocycles. The largest absolute Gasteiger partial charge is 0.347 e. The monoisotopic (exact) mass is 368 g/mol. The lowest BCUT2D eigenvalue weighted by atomic mass is 9.93. The van der Waals surface area contributed by atoms with Crippen molar-refractivity contribution in [3.8, 4) is 0 Å². The van der Waals surface area contributed by atoms with Crippen LogP contribution in [0.25, 0.3) is 6.08 Å². The third kappa shape index (κ3) is 4.39. The maximum absolute atomic E-state index is 12.7. The fourth-order valence-corrected chi connectivity index (χ4v) is 3.10. The van der Waals surface area contributed by atoms with E-state index in [4.69, 9.17) is 0 Å². The molecular formula is C19H24N6O2. The van der Waals surface area contributed by atoms with Gasteiger partial charge in [-0.3, -0.25) is 9.59 Å². The van der Waals surface area contributed by atoms with Crippen molar-refractivity contribution < 1.29 is 9.59 Å². The van der Waals surface area contributed by atoms with Crippen LogP contribution in [-0.4, -0.2) is 63.3 Å². The Morgan fingerprint density at radius 1 is 1.22 bits per heavy atom. The molecule has 3 heterocycles. The van der Waals surface area contributed by atoms with Gasteiger partial charge in [-0.05, 0) is 18.9 Å². The molecule has 0 saturated carbocycles. The Balaban J connectivity index is 1.62. The highest BCUT2D eigenvalue weighted by Crippen LogP contribution is 2.20. The Labute approximate surface area is 158 Å². The molecule has 1 unspecified atom stereocenters. The summed E-state index contributed by atoms with van der Waals surface area (Å²) in [5.74, 6) is 0.744. The Morgan fingerprint density at radius 3 is 2.59 bits per heavy atom. The molecule has 1 atom stereocenters. The summed E-state index contributed by atoms with van der Waals surface area (Å²) in [6.45, 7) is 1.08. The third-order valence-electron chi connectivity index (χ3n) is 4.62. The molecule has 142 valence electrons. The van der Waals surface area contributed by atoms with Gasteiger partial charge in [0, 0.05) is 76.6 Å². The molecule has 0 spiro atoms. The number of rotatable bonds is 5. The molecule has 27 heavy (non-hydrogen) atoms. The van der Waals surface area contributed by atoms with Gasteiger partial charge in [0.05, 0.1) is 0 Å². The van der Waals surface area contributed by atoms with Crippen LogP contribution in [0.2, 0.25) is 0 Å². The predicted molar refractivity (Wildman–Crippen MR) is 102 cm³/mol. The zero-order chi connectivity index (χ0) is 19.4. The molecule has 1 fully saturated rings. The molecule has 2 aromatic rings. The number of hydrogen-bond acceptors (Lipinski definition) is 6. The van der Waals surface area contributed by atoms with Gasteiger partial charge in [-0.15, -0.1) is 0 Å². The van der Waals surface area contributed by atoms with Crippen molar-refractivity contribution in [1.82, 2.24) is 24.4 Å². The summed E-state index contributed by atoms with van der Waals surface area (Å²) in [5, 5.41) is 0. The summed E-state index contributed by atoms with van der Waals surface area (Å²) in [6.07, 6.45) is 11.5. The van der Waals surface area contributed by atoms with E-state index in [1.807, 2.05) is 19.0 Å². The molecule has 0 N–H and O–H groups in total. The average molecular weight is 368 g/mol. The van der Waals surface area contributed by atoms with Gasteiger partial charge in [0.25, 0.3) is 0 Å². The SMILES string of the molecule is CN(C)c1ncc(/C=C/C(=O)N2CCCC(C(=O)c3nccn3C)C2)cn1. The fraction of sp³-hybridized carbons (Fsp3) is 0.421. The highest BCUT2D eigenvalue weighted by molar-refractivity contribution is 5.96. The van der Waals surface area contributed by atoms with Crippen LogP contribution in [0.3, 0.4) is 0 Å². The van der Waals surface area contributed by atoms with Gasteiger partial charge in [0.15, 0.2) is 5.82 Å². The van der Waals surface area contributed by atoms with Crippen molar-refractivity contribution >= 4 is 23.7 Å². The van der Waals surface area contributed by atoms with Crippen LogP contribution in [0.15, 0.2) is 30.9 Å². The van der Waals surface area contributed by atoms with Gasteiger partial charge in [0.2, 0.25) is 17.6 Å². The number of carbonyl (C=O) groups excluding carboxylic acids is 2. The number of hydrogen-bond donors (Lipinski definition) is 0. The topological polar surface area (TPSA) is 84.2 Å². The Hall–Kier alpha value is -3.03. The summed E-state index contributed by atoms with van der Waals surface area (Å²) in [5.41, 5.74) is 0.756. The van der Waals surface area contributed by atoms with Crippen molar-refractivity contribution in [2.24, 2.45) is 13.0 Å². The predicted octanol–water partition coefficient (Wildman–Crippen LogP) is 1.41. The summed E-state index contributed by atoms with van der Waals surface area (Å²) >= 11 is 0. The van der Waals surface area contributed by atoms with E-state index in [0.717, 1.165) is 18.4 Å². The van der Waals surface area contributed by atoms with E-state index in [-0.39, 0.29) is 17.6 Å². The van der Waals surface area contributed by atoms with Gasteiger partial charge in [-0.1, -0.05) is 0 Å². The summed E-state index contributed by atoms with van der Waals surface area (Å²) in [4.78, 5) is 41.3. The lowest BCUT2D eigenvalue weighted by molar-refractivity contribution is -0.127. The quantitative estimate of drug-likeness (QED) is 0.586. The molecule has 8 heteroatoms. The van der Waals surface area contributed by atoms with Gasteiger partial charge >= 0.3 is 0 Å². The Morgan fingerprint density at radius 2 is 1.96 bits per heavy atom. The first-order chi connectivity index (χ1) is 13.0. The molecule has 1 amide bonds. The smallest absolute Gasteiger partial charge is 0.246 e. The average Bonchev–Trinajstić information content (AvgIpc) is 3.11. The van der Waals surface area contributed by atoms with E-state index in [2.05, 4.69) is 15.0 Å². The zero-order valence-corrected chi connectivity index (χ0v) is 15.9. The number of Topliss-reactive ketones (excluding diaryl/α,β-unsaturated/α-hetero) is 1. The molecule has 1 saturated heterocycles. The number of ketones is 1. The van der Waals surface area contributed by atoms with E-state index in [1.54, 1.807) is 47.4 Å². The number of anilines is 1. The third-order valence-corrected chi connectivity index (χ3v) is 4.62. The van der Waals surface area contributed by atoms with Crippen LogP contribution in [-0.2, 0) is 11.8 Å². The highest BCUT2D eigenvalue weighted by atomic mass is 16.2. The van der Waals surface area contributed by atoms with Crippen LogP contribution in [0.5, 0.6) is 0 Å². The number of carbonyl (C=O) groups is 2. The maximum atomic E-state index is 12.7. The first-order valence-electron chi connectivity index (χ1n) is 8.93. The lowest BCUT2D eigenvalue weighted by Crippen LogP contribution is -2.42. The summed E-state index contributed by atoms with van der Waals surface area (Å²) < 4.78 is 1.72. The molecule has 1 aliphatic rings. The van der Waals surface area contributed by atoms with Crippen LogP contribution in [0.4, 0.5) is 5.95 Å². The number of piperidine rings is 1. The minimum Gasteiger partial charge on any atom is -0.347 e. The minimum absolute atomic E-state index is 0.00310. The van der Waals surface area contributed by atoms with E-state index < -0.39 is 0 Å². The molecule has 8 nitrogen and oxygen atoms in total. The number of amides is 1. The first kappa shape index (κ1) is 18.8. The van der Waals surface area contributed by atoms with Crippen LogP contribution in [0.1, 0.15) is 29.0 Å². The van der Waals surface area contributed by atoms with Crippen molar-refractivity contribution in [3.05, 3.63) is 42.3 Å². The standard InChI is InChI=1S/C19H24N6O2/c1-23(2)19-21-11-14(12-22-19)6-7-16(26)25-9-4-5-15(13-25)17(27)18-20-8-10-24(18)3/h6-8,10-12,15H,4-5,9,13H2,1-3H3/b7-6+. The van der Waals surface area contributed by atoms with Crippen LogP contribution < -0.4 is 4.90 Å². The number of aromatic nitrogens is 4. The van der Waals surface area contributed by atoms with Gasteiger partial charge in [-0.25, -0.2) is 15.0 Å². The van der Waals surface area contributed by atoms with Crippen molar-refractivity contribution in [2.75, 3.05) is 32.1 Å². The van der Waals surface area contributed by atoms with E-state index in [0.29, 0.717) is 24.9 Å².